The average molecular weight is 357 g/mol. The quantitative estimate of drug-likeness (QED) is 0.572. The van der Waals surface area contributed by atoms with E-state index >= 15 is 0 Å². The summed E-state index contributed by atoms with van der Waals surface area (Å²) in [6.45, 7) is 0. The molecule has 0 nitrogen and oxygen atoms in total. The van der Waals surface area contributed by atoms with Crippen molar-refractivity contribution in [1.82, 2.24) is 0 Å². The van der Waals surface area contributed by atoms with Gasteiger partial charge in [0.05, 0.1) is 0 Å². The summed E-state index contributed by atoms with van der Waals surface area (Å²) in [7, 11) is 0. The second-order valence-corrected chi connectivity index (χ2v) is 0. The van der Waals surface area contributed by atoms with Crippen LogP contribution < -0.4 is 0 Å². The zero-order valence-corrected chi connectivity index (χ0v) is 12.9. The molecule has 0 bridgehead atoms. The van der Waals surface area contributed by atoms with Crippen LogP contribution in [0.15, 0.2) is 0 Å². The molecule has 0 aliphatic carbocycles. The largest absolute Gasteiger partial charge is 0 e. The van der Waals surface area contributed by atoms with Gasteiger partial charge in [-0.15, -0.1) is 0 Å². The van der Waals surface area contributed by atoms with Crippen molar-refractivity contribution in [3.63, 3.8) is 0 Å². The molecule has 0 saturated heterocycles. The van der Waals surface area contributed by atoms with E-state index < -0.39 is 0 Å². The van der Waals surface area contributed by atoms with E-state index in [4.69, 9.17) is 0 Å². The normalized spacial score (nSPS) is 0. The summed E-state index contributed by atoms with van der Waals surface area (Å²) in [5, 5.41) is 0. The van der Waals surface area contributed by atoms with Crippen LogP contribution in [0.1, 0.15) is 0 Å². The minimum absolute atomic E-state index is 0. The van der Waals surface area contributed by atoms with Crippen LogP contribution in [0.5, 0.6) is 0 Å². The van der Waals surface area contributed by atoms with Gasteiger partial charge in [0.1, 0.15) is 0 Å². The monoisotopic (exact) mass is 357 g/mol. The van der Waals surface area contributed by atoms with Gasteiger partial charge in [-0.05, 0) is 0 Å². The van der Waals surface area contributed by atoms with Crippen LogP contribution >= 0.6 is 0 Å². The van der Waals surface area contributed by atoms with Crippen LogP contribution in [0, 0.1) is 0 Å². The Balaban J connectivity index is 0. The molecular formula is V7. The third kappa shape index (κ3) is 39.5. The van der Waals surface area contributed by atoms with Crippen molar-refractivity contribution in [2.24, 2.45) is 0 Å². The average Bonchev–Trinajstić information content (AvgIpc) is 0. The van der Waals surface area contributed by atoms with E-state index in [1.807, 2.05) is 0 Å². The molecule has 0 spiro atoms. The van der Waals surface area contributed by atoms with E-state index in [1.54, 1.807) is 0 Å². The molecule has 0 saturated carbocycles. The van der Waals surface area contributed by atoms with E-state index in [0.29, 0.717) is 0 Å². The Bertz CT molecular complexity index is 0. The first-order chi connectivity index (χ1) is 0. The number of hydrogen-bond acceptors (Lipinski definition) is 0. The summed E-state index contributed by atoms with van der Waals surface area (Å²) in [6.07, 6.45) is 0. The summed E-state index contributed by atoms with van der Waals surface area (Å²) in [5.41, 5.74) is 0. The van der Waals surface area contributed by atoms with Crippen molar-refractivity contribution < 1.29 is 130 Å². The Morgan fingerprint density at radius 2 is 0.143 bits per heavy atom. The molecule has 0 atom stereocenters. The van der Waals surface area contributed by atoms with Crippen LogP contribution in [0.2, 0.25) is 0 Å². The zero-order valence-electron chi connectivity index (χ0n) is 3.13. The minimum Gasteiger partial charge on any atom is 0 e. The second kappa shape index (κ2) is 49.8. The van der Waals surface area contributed by atoms with Gasteiger partial charge in [0, 0.05) is 130 Å². The van der Waals surface area contributed by atoms with Crippen LogP contribution in [-0.4, -0.2) is 0 Å². The molecule has 0 aliphatic rings. The van der Waals surface area contributed by atoms with Crippen molar-refractivity contribution in [2.45, 2.75) is 0 Å². The van der Waals surface area contributed by atoms with Gasteiger partial charge >= 0.3 is 0 Å². The number of hydrogen-bond donors (Lipinski definition) is 0. The molecule has 7 heteroatoms. The molecule has 0 amide bonds. The van der Waals surface area contributed by atoms with Crippen molar-refractivity contribution in [3.8, 4) is 0 Å². The van der Waals surface area contributed by atoms with Crippen molar-refractivity contribution in [2.75, 3.05) is 0 Å². The van der Waals surface area contributed by atoms with E-state index in [9.17, 15) is 0 Å². The SMILES string of the molecule is [V].[V].[V].[V].[V].[V].[V]. The predicted molar refractivity (Wildman–Crippen MR) is 0 cm³/mol. The Morgan fingerprint density at radius 3 is 0.143 bits per heavy atom. The van der Waals surface area contributed by atoms with Gasteiger partial charge in [0.15, 0.2) is 0 Å². The molecule has 0 aromatic heterocycles. The molecule has 0 N–H and O–H groups in total. The van der Waals surface area contributed by atoms with Crippen LogP contribution in [0.3, 0.4) is 0 Å². The molecule has 0 unspecified atom stereocenters. The molecule has 35 valence electrons. The molecule has 0 fully saturated rings. The van der Waals surface area contributed by atoms with Gasteiger partial charge < -0.3 is 0 Å². The Kier molecular flexibility index (Phi) is 480. The first-order valence-electron chi connectivity index (χ1n) is 0. The van der Waals surface area contributed by atoms with E-state index in [2.05, 4.69) is 0 Å². The maximum atomic E-state index is 0. The summed E-state index contributed by atoms with van der Waals surface area (Å²) in [6, 6.07) is 0. The Labute approximate surface area is 127 Å². The smallest absolute Gasteiger partial charge is 0 e. The summed E-state index contributed by atoms with van der Waals surface area (Å²) < 4.78 is 0. The third-order valence-electron chi connectivity index (χ3n) is 0. The minimum atomic E-state index is 0. The molecular weight excluding hydrogens is 357 g/mol. The molecule has 7 heavy (non-hydrogen) atoms. The maximum Gasteiger partial charge on any atom is 0 e. The fourth-order valence-corrected chi connectivity index (χ4v) is 0. The van der Waals surface area contributed by atoms with E-state index in [0.717, 1.165) is 0 Å². The van der Waals surface area contributed by atoms with Crippen molar-refractivity contribution in [3.05, 3.63) is 0 Å². The molecule has 0 rings (SSSR count). The van der Waals surface area contributed by atoms with Crippen LogP contribution in [0.4, 0.5) is 0 Å². The molecule has 0 aromatic carbocycles. The summed E-state index contributed by atoms with van der Waals surface area (Å²) in [4.78, 5) is 0. The topological polar surface area (TPSA) is 0 Å². The maximum absolute atomic E-state index is 0. The van der Waals surface area contributed by atoms with Gasteiger partial charge in [-0.3, -0.25) is 0 Å². The van der Waals surface area contributed by atoms with Crippen molar-refractivity contribution >= 4 is 0 Å². The van der Waals surface area contributed by atoms with Gasteiger partial charge in [0.25, 0.3) is 0 Å². The predicted octanol–water partition coefficient (Wildman–Crippen LogP) is -0.0175. The third-order valence-corrected chi connectivity index (χ3v) is 0. The first kappa shape index (κ1) is 67.5. The second-order valence-electron chi connectivity index (χ2n) is 0. The zero-order chi connectivity index (χ0) is 0. The molecule has 0 aliphatic heterocycles. The van der Waals surface area contributed by atoms with Gasteiger partial charge in [-0.2, -0.15) is 0 Å². The first-order valence-corrected chi connectivity index (χ1v) is 0. The molecule has 0 aromatic rings. The fraction of sp³-hybridized carbons (Fsp3) is 0. The van der Waals surface area contributed by atoms with Crippen molar-refractivity contribution in [1.29, 1.82) is 0 Å². The Morgan fingerprint density at radius 1 is 0.143 bits per heavy atom. The fourth-order valence-electron chi connectivity index (χ4n) is 0. The molecule has 7 radical (unpaired) electrons. The molecule has 0 heterocycles. The van der Waals surface area contributed by atoms with Gasteiger partial charge in [-0.25, -0.2) is 0 Å². The number of rotatable bonds is 0. The van der Waals surface area contributed by atoms with Gasteiger partial charge in [-0.1, -0.05) is 0 Å². The standard InChI is InChI=1S/7V. The van der Waals surface area contributed by atoms with Crippen LogP contribution in [0.25, 0.3) is 0 Å². The van der Waals surface area contributed by atoms with Crippen LogP contribution in [-0.2, 0) is 130 Å². The van der Waals surface area contributed by atoms with E-state index in [-0.39, 0.29) is 130 Å². The Hall–Kier alpha value is 4.09. The summed E-state index contributed by atoms with van der Waals surface area (Å²) in [5.74, 6) is 0. The van der Waals surface area contributed by atoms with Gasteiger partial charge in [0.2, 0.25) is 0 Å². The van der Waals surface area contributed by atoms with E-state index in [1.165, 1.54) is 0 Å². The summed E-state index contributed by atoms with van der Waals surface area (Å²) >= 11 is 0.